The molecule has 11 heavy (non-hydrogen) atoms. The van der Waals surface area contributed by atoms with Crippen molar-refractivity contribution in [3.63, 3.8) is 0 Å². The summed E-state index contributed by atoms with van der Waals surface area (Å²) in [6.07, 6.45) is 0.898. The first-order chi connectivity index (χ1) is 5.27. The minimum absolute atomic E-state index is 0.194. The minimum Gasteiger partial charge on any atom is -0.507 e. The maximum Gasteiger partial charge on any atom is 0.123 e. The topological polar surface area (TPSA) is 46.2 Å². The van der Waals surface area contributed by atoms with Gasteiger partial charge in [0, 0.05) is 12.6 Å². The van der Waals surface area contributed by atoms with E-state index in [4.69, 9.17) is 10.8 Å². The van der Waals surface area contributed by atoms with Gasteiger partial charge in [-0.25, -0.2) is 0 Å². The van der Waals surface area contributed by atoms with Crippen LogP contribution < -0.4 is 5.73 Å². The lowest BCUT2D eigenvalue weighted by Gasteiger charge is -2.04. The van der Waals surface area contributed by atoms with Gasteiger partial charge in [-0.3, -0.25) is 0 Å². The van der Waals surface area contributed by atoms with E-state index in [0.29, 0.717) is 6.54 Å². The van der Waals surface area contributed by atoms with Crippen LogP contribution in [0.3, 0.4) is 0 Å². The van der Waals surface area contributed by atoms with Crippen LogP contribution in [0.5, 0.6) is 5.75 Å². The van der Waals surface area contributed by atoms with Gasteiger partial charge in [-0.15, -0.1) is 0 Å². The quantitative estimate of drug-likeness (QED) is 0.665. The van der Waals surface area contributed by atoms with Crippen molar-refractivity contribution in [3.8, 4) is 5.75 Å². The zero-order chi connectivity index (χ0) is 8.27. The minimum atomic E-state index is 0.194. The van der Waals surface area contributed by atoms with E-state index in [1.807, 2.05) is 6.92 Å². The Morgan fingerprint density at radius 3 is 2.82 bits per heavy atom. The predicted molar refractivity (Wildman–Crippen MR) is 44.2 cm³/mol. The lowest BCUT2D eigenvalue weighted by molar-refractivity contribution is 0.473. The predicted octanol–water partition coefficient (Wildman–Crippen LogP) is 1.21. The monoisotopic (exact) mass is 150 g/mol. The van der Waals surface area contributed by atoms with E-state index in [9.17, 15) is 0 Å². The summed E-state index contributed by atoms with van der Waals surface area (Å²) in [5.74, 6) is 0.194. The molecule has 0 bridgehead atoms. The third kappa shape index (κ3) is 1.71. The Hall–Kier alpha value is -1.02. The highest BCUT2D eigenvalue weighted by Gasteiger charge is 1.99. The fourth-order valence-corrected chi connectivity index (χ4v) is 1.07. The number of aromatic hydroxyl groups is 1. The molecule has 0 aromatic heterocycles. The molecule has 2 heteroatoms. The van der Waals surface area contributed by atoms with Crippen LogP contribution in [0.15, 0.2) is 12.1 Å². The fraction of sp³-hybridized carbons (Fsp3) is 0.333. The van der Waals surface area contributed by atoms with Crippen molar-refractivity contribution < 1.29 is 5.11 Å². The number of benzene rings is 1. The van der Waals surface area contributed by atoms with Crippen LogP contribution in [0.25, 0.3) is 0 Å². The SMILES string of the molecule is CCc1cc(O)[c]cc1CN. The van der Waals surface area contributed by atoms with Crippen molar-refractivity contribution in [3.05, 3.63) is 29.3 Å². The van der Waals surface area contributed by atoms with Gasteiger partial charge < -0.3 is 10.8 Å². The van der Waals surface area contributed by atoms with E-state index >= 15 is 0 Å². The number of nitrogens with two attached hydrogens (primary N) is 1. The number of hydrogen-bond donors (Lipinski definition) is 2. The van der Waals surface area contributed by atoms with Crippen molar-refractivity contribution in [1.82, 2.24) is 0 Å². The zero-order valence-corrected chi connectivity index (χ0v) is 6.59. The molecule has 0 aliphatic heterocycles. The Labute approximate surface area is 66.7 Å². The molecule has 1 aromatic rings. The molecule has 0 spiro atoms. The molecule has 0 atom stereocenters. The second-order valence-electron chi connectivity index (χ2n) is 2.43. The summed E-state index contributed by atoms with van der Waals surface area (Å²) >= 11 is 0. The number of phenols is 1. The van der Waals surface area contributed by atoms with Gasteiger partial charge in [0.2, 0.25) is 0 Å². The molecule has 1 aromatic carbocycles. The number of phenolic OH excluding ortho intramolecular Hbond substituents is 1. The van der Waals surface area contributed by atoms with E-state index in [2.05, 4.69) is 6.07 Å². The number of rotatable bonds is 2. The van der Waals surface area contributed by atoms with Crippen molar-refractivity contribution in [1.29, 1.82) is 0 Å². The second kappa shape index (κ2) is 3.39. The third-order valence-corrected chi connectivity index (χ3v) is 1.72. The van der Waals surface area contributed by atoms with Gasteiger partial charge in [-0.2, -0.15) is 0 Å². The van der Waals surface area contributed by atoms with Crippen molar-refractivity contribution in [2.75, 3.05) is 0 Å². The second-order valence-corrected chi connectivity index (χ2v) is 2.43. The first-order valence-corrected chi connectivity index (χ1v) is 3.70. The molecule has 59 valence electrons. The number of hydrogen-bond acceptors (Lipinski definition) is 2. The van der Waals surface area contributed by atoms with E-state index in [1.54, 1.807) is 12.1 Å². The van der Waals surface area contributed by atoms with Crippen LogP contribution in [-0.2, 0) is 13.0 Å². The molecule has 0 aliphatic rings. The molecular formula is C9H12NO. The van der Waals surface area contributed by atoms with E-state index in [-0.39, 0.29) is 5.75 Å². The summed E-state index contributed by atoms with van der Waals surface area (Å²) < 4.78 is 0. The van der Waals surface area contributed by atoms with E-state index in [0.717, 1.165) is 17.5 Å². The Morgan fingerprint density at radius 1 is 1.55 bits per heavy atom. The molecule has 0 aliphatic carbocycles. The van der Waals surface area contributed by atoms with Crippen LogP contribution >= 0.6 is 0 Å². The molecule has 1 rings (SSSR count). The fourth-order valence-electron chi connectivity index (χ4n) is 1.07. The maximum atomic E-state index is 9.07. The molecule has 2 nitrogen and oxygen atoms in total. The Bertz CT molecular complexity index is 245. The normalized spacial score (nSPS) is 10.0. The summed E-state index contributed by atoms with van der Waals surface area (Å²) in [6.45, 7) is 2.55. The summed E-state index contributed by atoms with van der Waals surface area (Å²) in [4.78, 5) is 0. The molecule has 0 fully saturated rings. The summed E-state index contributed by atoms with van der Waals surface area (Å²) in [5, 5.41) is 9.07. The highest BCUT2D eigenvalue weighted by molar-refractivity contribution is 5.33. The molecule has 0 saturated carbocycles. The molecule has 0 heterocycles. The average molecular weight is 150 g/mol. The van der Waals surface area contributed by atoms with Crippen LogP contribution in [0.2, 0.25) is 0 Å². The summed E-state index contributed by atoms with van der Waals surface area (Å²) in [7, 11) is 0. The van der Waals surface area contributed by atoms with Gasteiger partial charge in [-0.1, -0.05) is 6.92 Å². The lowest BCUT2D eigenvalue weighted by atomic mass is 10.1. The zero-order valence-electron chi connectivity index (χ0n) is 6.59. The highest BCUT2D eigenvalue weighted by Crippen LogP contribution is 2.15. The van der Waals surface area contributed by atoms with Crippen molar-refractivity contribution in [2.45, 2.75) is 19.9 Å². The molecule has 0 unspecified atom stereocenters. The van der Waals surface area contributed by atoms with Crippen molar-refractivity contribution in [2.24, 2.45) is 5.73 Å². The first kappa shape index (κ1) is 8.08. The average Bonchev–Trinajstić information content (AvgIpc) is 2.04. The molecule has 1 radical (unpaired) electrons. The van der Waals surface area contributed by atoms with Gasteiger partial charge in [0.05, 0.1) is 0 Å². The van der Waals surface area contributed by atoms with Gasteiger partial charge >= 0.3 is 0 Å². The van der Waals surface area contributed by atoms with Gasteiger partial charge in [0.25, 0.3) is 0 Å². The van der Waals surface area contributed by atoms with E-state index < -0.39 is 0 Å². The van der Waals surface area contributed by atoms with Crippen LogP contribution in [0.1, 0.15) is 18.1 Å². The standard InChI is InChI=1S/C9H12NO/c1-2-7-5-9(11)4-3-8(7)6-10/h3,5,11H,2,6,10H2,1H3. The van der Waals surface area contributed by atoms with Crippen LogP contribution in [0.4, 0.5) is 0 Å². The Balaban J connectivity index is 3.06. The maximum absolute atomic E-state index is 9.07. The smallest absolute Gasteiger partial charge is 0.123 e. The Kier molecular flexibility index (Phi) is 2.49. The molecule has 0 saturated heterocycles. The van der Waals surface area contributed by atoms with Gasteiger partial charge in [0.15, 0.2) is 0 Å². The molecular weight excluding hydrogens is 138 g/mol. The summed E-state index contributed by atoms with van der Waals surface area (Å²) in [6, 6.07) is 6.16. The van der Waals surface area contributed by atoms with Crippen LogP contribution in [0, 0.1) is 6.07 Å². The largest absolute Gasteiger partial charge is 0.507 e. The first-order valence-electron chi connectivity index (χ1n) is 3.70. The third-order valence-electron chi connectivity index (χ3n) is 1.72. The summed E-state index contributed by atoms with van der Waals surface area (Å²) in [5.41, 5.74) is 7.64. The van der Waals surface area contributed by atoms with E-state index in [1.165, 1.54) is 0 Å². The van der Waals surface area contributed by atoms with Gasteiger partial charge in [-0.05, 0) is 29.7 Å². The molecule has 3 N–H and O–H groups in total. The molecule has 0 amide bonds. The Morgan fingerprint density at radius 2 is 2.27 bits per heavy atom. The highest BCUT2D eigenvalue weighted by atomic mass is 16.3. The number of aryl methyl sites for hydroxylation is 1. The lowest BCUT2D eigenvalue weighted by Crippen LogP contribution is -2.00. The van der Waals surface area contributed by atoms with Crippen molar-refractivity contribution >= 4 is 0 Å². The van der Waals surface area contributed by atoms with Crippen LogP contribution in [-0.4, -0.2) is 5.11 Å². The van der Waals surface area contributed by atoms with Gasteiger partial charge in [0.1, 0.15) is 5.75 Å².